The molecular formula is C16H14ClFN2. The van der Waals surface area contributed by atoms with Gasteiger partial charge < -0.3 is 0 Å². The van der Waals surface area contributed by atoms with Crippen molar-refractivity contribution >= 4 is 17.3 Å². The smallest absolute Gasteiger partial charge is 0.108 e. The first-order valence-corrected chi connectivity index (χ1v) is 6.48. The number of rotatable bonds is 5. The van der Waals surface area contributed by atoms with Crippen LogP contribution in [-0.4, -0.2) is 16.5 Å². The van der Waals surface area contributed by atoms with Crippen LogP contribution < -0.4 is 0 Å². The lowest BCUT2D eigenvalue weighted by Crippen LogP contribution is -1.94. The van der Waals surface area contributed by atoms with Crippen molar-refractivity contribution < 1.29 is 4.39 Å². The molecule has 2 rings (SSSR count). The van der Waals surface area contributed by atoms with E-state index in [0.29, 0.717) is 5.02 Å². The molecular weight excluding hydrogens is 275 g/mol. The van der Waals surface area contributed by atoms with Gasteiger partial charge in [-0.25, -0.2) is 9.07 Å². The van der Waals surface area contributed by atoms with E-state index >= 15 is 0 Å². The molecule has 1 aromatic carbocycles. The topological polar surface area (TPSA) is 17.8 Å². The Bertz CT molecular complexity index is 639. The van der Waals surface area contributed by atoms with Gasteiger partial charge in [-0.1, -0.05) is 42.5 Å². The van der Waals surface area contributed by atoms with Gasteiger partial charge in [0.25, 0.3) is 0 Å². The molecule has 0 fully saturated rings. The molecule has 0 spiro atoms. The maximum Gasteiger partial charge on any atom is 0.108 e. The molecule has 1 heterocycles. The highest BCUT2D eigenvalue weighted by Gasteiger charge is 2.03. The molecule has 1 aromatic heterocycles. The number of benzene rings is 1. The van der Waals surface area contributed by atoms with E-state index in [4.69, 9.17) is 11.6 Å². The molecule has 20 heavy (non-hydrogen) atoms. The number of halogens is 2. The van der Waals surface area contributed by atoms with Crippen molar-refractivity contribution in [2.45, 2.75) is 0 Å². The number of aromatic nitrogens is 2. The molecule has 0 atom stereocenters. The molecule has 0 saturated heterocycles. The van der Waals surface area contributed by atoms with Gasteiger partial charge in [0.1, 0.15) is 6.67 Å². The molecule has 0 amide bonds. The third-order valence-electron chi connectivity index (χ3n) is 2.69. The predicted octanol–water partition coefficient (Wildman–Crippen LogP) is 4.76. The first-order valence-electron chi connectivity index (χ1n) is 6.11. The molecule has 0 aliphatic rings. The van der Waals surface area contributed by atoms with Crippen LogP contribution in [-0.2, 0) is 0 Å². The molecule has 0 bridgehead atoms. The second kappa shape index (κ2) is 6.87. The quantitative estimate of drug-likeness (QED) is 0.726. The van der Waals surface area contributed by atoms with Crippen molar-refractivity contribution in [1.29, 1.82) is 0 Å². The van der Waals surface area contributed by atoms with Gasteiger partial charge in [0.15, 0.2) is 0 Å². The van der Waals surface area contributed by atoms with Crippen LogP contribution in [0.15, 0.2) is 67.5 Å². The van der Waals surface area contributed by atoms with E-state index in [2.05, 4.69) is 11.7 Å². The maximum atomic E-state index is 12.2. The number of allylic oxidation sites excluding steroid dienone is 5. The van der Waals surface area contributed by atoms with Crippen molar-refractivity contribution in [1.82, 2.24) is 9.78 Å². The highest BCUT2D eigenvalue weighted by Crippen LogP contribution is 2.22. The minimum atomic E-state index is -0.514. The Balaban J connectivity index is 2.31. The molecule has 4 heteroatoms. The van der Waals surface area contributed by atoms with Crippen molar-refractivity contribution in [3.8, 4) is 11.1 Å². The summed E-state index contributed by atoms with van der Waals surface area (Å²) < 4.78 is 13.9. The van der Waals surface area contributed by atoms with Crippen LogP contribution in [0.3, 0.4) is 0 Å². The Labute approximate surface area is 122 Å². The summed E-state index contributed by atoms with van der Waals surface area (Å²) in [4.78, 5) is 0. The highest BCUT2D eigenvalue weighted by molar-refractivity contribution is 6.30. The molecule has 0 aliphatic heterocycles. The Morgan fingerprint density at radius 1 is 1.30 bits per heavy atom. The lowest BCUT2D eigenvalue weighted by Gasteiger charge is -2.01. The molecule has 2 nitrogen and oxygen atoms in total. The molecule has 0 radical (unpaired) electrons. The number of alkyl halides is 1. The average Bonchev–Trinajstić information content (AvgIpc) is 2.94. The van der Waals surface area contributed by atoms with Gasteiger partial charge >= 0.3 is 0 Å². The van der Waals surface area contributed by atoms with Gasteiger partial charge in [0.05, 0.1) is 11.9 Å². The SMILES string of the molecule is C=C/C=C(\C=C/CF)n1cc(-c2ccc(Cl)cc2)cn1. The monoisotopic (exact) mass is 288 g/mol. The van der Waals surface area contributed by atoms with E-state index in [1.54, 1.807) is 29.1 Å². The van der Waals surface area contributed by atoms with Crippen LogP contribution in [0.1, 0.15) is 0 Å². The van der Waals surface area contributed by atoms with Gasteiger partial charge in [-0.2, -0.15) is 5.10 Å². The lowest BCUT2D eigenvalue weighted by atomic mass is 10.1. The molecule has 0 saturated carbocycles. The minimum absolute atomic E-state index is 0.514. The van der Waals surface area contributed by atoms with Crippen molar-refractivity contribution in [2.24, 2.45) is 0 Å². The van der Waals surface area contributed by atoms with Crippen LogP contribution in [0, 0.1) is 0 Å². The van der Waals surface area contributed by atoms with Crippen LogP contribution >= 0.6 is 11.6 Å². The summed E-state index contributed by atoms with van der Waals surface area (Å²) in [6.45, 7) is 3.13. The Hall–Kier alpha value is -2.13. The maximum absolute atomic E-state index is 12.2. The molecule has 102 valence electrons. The van der Waals surface area contributed by atoms with Crippen molar-refractivity contribution in [2.75, 3.05) is 6.67 Å². The number of nitrogens with zero attached hydrogens (tertiary/aromatic N) is 2. The standard InChI is InChI=1S/C16H14ClFN2/c1-2-4-16(5-3-10-18)20-12-14(11-19-20)13-6-8-15(17)9-7-13/h2-9,11-12H,1,10H2/b5-3-,16-4+. The summed E-state index contributed by atoms with van der Waals surface area (Å²) in [5.74, 6) is 0. The van der Waals surface area contributed by atoms with Crippen LogP contribution in [0.4, 0.5) is 4.39 Å². The first kappa shape index (κ1) is 14.3. The summed E-state index contributed by atoms with van der Waals surface area (Å²) in [6.07, 6.45) is 10.1. The van der Waals surface area contributed by atoms with Crippen molar-refractivity contribution in [3.63, 3.8) is 0 Å². The third-order valence-corrected chi connectivity index (χ3v) is 2.94. The Morgan fingerprint density at radius 3 is 2.70 bits per heavy atom. The second-order valence-corrected chi connectivity index (χ2v) is 4.50. The Kier molecular flexibility index (Phi) is 4.91. The van der Waals surface area contributed by atoms with Gasteiger partial charge in [0, 0.05) is 16.8 Å². The first-order chi connectivity index (χ1) is 9.74. The van der Waals surface area contributed by atoms with Crippen molar-refractivity contribution in [3.05, 3.63) is 72.6 Å². The predicted molar refractivity (Wildman–Crippen MR) is 82.3 cm³/mol. The summed E-state index contributed by atoms with van der Waals surface area (Å²) in [5, 5.41) is 4.97. The fraction of sp³-hybridized carbons (Fsp3) is 0.0625. The van der Waals surface area contributed by atoms with E-state index < -0.39 is 6.67 Å². The minimum Gasteiger partial charge on any atom is -0.247 e. The van der Waals surface area contributed by atoms with E-state index in [1.165, 1.54) is 6.08 Å². The second-order valence-electron chi connectivity index (χ2n) is 4.06. The van der Waals surface area contributed by atoms with Crippen LogP contribution in [0.2, 0.25) is 5.02 Å². The molecule has 2 aromatic rings. The molecule has 0 unspecified atom stereocenters. The molecule has 0 aliphatic carbocycles. The highest BCUT2D eigenvalue weighted by atomic mass is 35.5. The summed E-state index contributed by atoms with van der Waals surface area (Å²) in [6, 6.07) is 7.52. The average molecular weight is 289 g/mol. The van der Waals surface area contributed by atoms with E-state index in [9.17, 15) is 4.39 Å². The fourth-order valence-electron chi connectivity index (χ4n) is 1.75. The normalized spacial score (nSPS) is 12.0. The largest absolute Gasteiger partial charge is 0.247 e. The van der Waals surface area contributed by atoms with Crippen LogP contribution in [0.25, 0.3) is 16.8 Å². The Morgan fingerprint density at radius 2 is 2.05 bits per heavy atom. The van der Waals surface area contributed by atoms with Gasteiger partial charge in [-0.3, -0.25) is 0 Å². The summed E-state index contributed by atoms with van der Waals surface area (Å²) in [7, 11) is 0. The van der Waals surface area contributed by atoms with E-state index in [0.717, 1.165) is 16.8 Å². The fourth-order valence-corrected chi connectivity index (χ4v) is 1.88. The van der Waals surface area contributed by atoms with E-state index in [-0.39, 0.29) is 0 Å². The zero-order valence-electron chi connectivity index (χ0n) is 10.8. The summed E-state index contributed by atoms with van der Waals surface area (Å²) in [5.41, 5.74) is 2.73. The third kappa shape index (κ3) is 3.45. The van der Waals surface area contributed by atoms with Gasteiger partial charge in [-0.05, 0) is 29.8 Å². The lowest BCUT2D eigenvalue weighted by molar-refractivity contribution is 0.561. The zero-order valence-corrected chi connectivity index (χ0v) is 11.6. The van der Waals surface area contributed by atoms with Gasteiger partial charge in [-0.15, -0.1) is 0 Å². The number of hydrogen-bond donors (Lipinski definition) is 0. The zero-order chi connectivity index (χ0) is 14.4. The van der Waals surface area contributed by atoms with Crippen LogP contribution in [0.5, 0.6) is 0 Å². The number of hydrogen-bond acceptors (Lipinski definition) is 1. The molecule has 0 N–H and O–H groups in total. The van der Waals surface area contributed by atoms with E-state index in [1.807, 2.05) is 30.5 Å². The van der Waals surface area contributed by atoms with Gasteiger partial charge in [0.2, 0.25) is 0 Å². The summed E-state index contributed by atoms with van der Waals surface area (Å²) >= 11 is 5.87.